The Morgan fingerprint density at radius 1 is 1.10 bits per heavy atom. The molecule has 0 bridgehead atoms. The lowest BCUT2D eigenvalue weighted by Crippen LogP contribution is -2.43. The van der Waals surface area contributed by atoms with Gasteiger partial charge in [0.25, 0.3) is 0 Å². The minimum atomic E-state index is -3.92. The fourth-order valence-electron chi connectivity index (χ4n) is 3.00. The van der Waals surface area contributed by atoms with Crippen LogP contribution < -0.4 is 10.5 Å². The Balaban J connectivity index is 1.73. The first-order valence-electron chi connectivity index (χ1n) is 8.63. The molecule has 9 nitrogen and oxygen atoms in total. The molecule has 1 atom stereocenters. The molecule has 1 aromatic carbocycles. The van der Waals surface area contributed by atoms with Crippen LogP contribution in [0, 0.1) is 5.92 Å². The van der Waals surface area contributed by atoms with E-state index in [1.807, 2.05) is 0 Å². The topological polar surface area (TPSA) is 140 Å². The number of carbonyl (C=O) groups is 1. The van der Waals surface area contributed by atoms with Gasteiger partial charge in [0.05, 0.1) is 20.7 Å². The smallest absolute Gasteiger partial charge is 0.243 e. The van der Waals surface area contributed by atoms with E-state index in [1.54, 1.807) is 12.1 Å². The third kappa shape index (κ3) is 5.11. The molecule has 0 saturated carbocycles. The van der Waals surface area contributed by atoms with Crippen molar-refractivity contribution in [3.05, 3.63) is 47.6 Å². The fourth-order valence-corrected chi connectivity index (χ4v) is 5.15. The third-order valence-electron chi connectivity index (χ3n) is 4.52. The molecule has 0 aliphatic carbocycles. The van der Waals surface area contributed by atoms with Gasteiger partial charge in [0.15, 0.2) is 0 Å². The minimum Gasteiger partial charge on any atom is -0.310 e. The largest absolute Gasteiger partial charge is 0.310 e. The van der Waals surface area contributed by atoms with E-state index in [-0.39, 0.29) is 28.8 Å². The van der Waals surface area contributed by atoms with Crippen LogP contribution in [0.3, 0.4) is 0 Å². The number of nitrogens with two attached hydrogens (primary N) is 1. The average molecular weight is 459 g/mol. The molecule has 12 heteroatoms. The summed E-state index contributed by atoms with van der Waals surface area (Å²) < 4.78 is 49.7. The van der Waals surface area contributed by atoms with Gasteiger partial charge < -0.3 is 5.32 Å². The molecular weight excluding hydrogens is 440 g/mol. The highest BCUT2D eigenvalue weighted by molar-refractivity contribution is 7.89. The van der Waals surface area contributed by atoms with E-state index in [4.69, 9.17) is 16.7 Å². The van der Waals surface area contributed by atoms with Gasteiger partial charge in [0, 0.05) is 19.3 Å². The van der Waals surface area contributed by atoms with Gasteiger partial charge in [-0.1, -0.05) is 11.6 Å². The van der Waals surface area contributed by atoms with Crippen LogP contribution in [0.2, 0.25) is 5.02 Å². The maximum atomic E-state index is 12.9. The predicted molar refractivity (Wildman–Crippen MR) is 107 cm³/mol. The van der Waals surface area contributed by atoms with Crippen LogP contribution in [0.1, 0.15) is 12.8 Å². The number of amides is 1. The Morgan fingerprint density at radius 3 is 2.34 bits per heavy atom. The van der Waals surface area contributed by atoms with Crippen LogP contribution in [0.15, 0.2) is 52.4 Å². The Morgan fingerprint density at radius 2 is 1.76 bits per heavy atom. The van der Waals surface area contributed by atoms with Crippen molar-refractivity contribution < 1.29 is 21.6 Å². The summed E-state index contributed by atoms with van der Waals surface area (Å²) in [6, 6.07) is 7.82. The molecule has 3 N–H and O–H groups in total. The Kier molecular flexibility index (Phi) is 6.24. The van der Waals surface area contributed by atoms with Gasteiger partial charge in [-0.15, -0.1) is 0 Å². The molecule has 3 rings (SSSR count). The molecule has 29 heavy (non-hydrogen) atoms. The molecule has 156 valence electrons. The van der Waals surface area contributed by atoms with Crippen LogP contribution >= 0.6 is 11.6 Å². The molecule has 1 aliphatic rings. The number of nitrogens with one attached hydrogen (secondary N) is 1. The highest BCUT2D eigenvalue weighted by atomic mass is 35.5. The second kappa shape index (κ2) is 8.36. The number of hydrogen-bond acceptors (Lipinski definition) is 6. The summed E-state index contributed by atoms with van der Waals surface area (Å²) in [6.45, 7) is 0.279. The molecule has 1 aromatic heterocycles. The monoisotopic (exact) mass is 458 g/mol. The SMILES string of the molecule is NS(=O)(=O)c1ccc(S(=O)(=O)N2CCC[C@@H](C(=O)Nc3ccc(Cl)cn3)C2)cc1. The first kappa shape index (κ1) is 21.7. The number of piperidine rings is 1. The zero-order valence-corrected chi connectivity index (χ0v) is 17.5. The van der Waals surface area contributed by atoms with Gasteiger partial charge in [-0.3, -0.25) is 4.79 Å². The number of benzene rings is 1. The van der Waals surface area contributed by atoms with Crippen molar-refractivity contribution >= 4 is 43.4 Å². The van der Waals surface area contributed by atoms with Crippen LogP contribution in [-0.2, 0) is 24.8 Å². The lowest BCUT2D eigenvalue weighted by Gasteiger charge is -2.31. The van der Waals surface area contributed by atoms with Gasteiger partial charge >= 0.3 is 0 Å². The van der Waals surface area contributed by atoms with Crippen LogP contribution in [0.5, 0.6) is 0 Å². The van der Waals surface area contributed by atoms with Crippen LogP contribution in [0.25, 0.3) is 0 Å². The van der Waals surface area contributed by atoms with E-state index in [0.717, 1.165) is 12.1 Å². The molecule has 1 amide bonds. The minimum absolute atomic E-state index is 0.0126. The van der Waals surface area contributed by atoms with Crippen molar-refractivity contribution in [2.45, 2.75) is 22.6 Å². The van der Waals surface area contributed by atoms with E-state index in [2.05, 4.69) is 10.3 Å². The average Bonchev–Trinajstić information content (AvgIpc) is 2.69. The number of pyridine rings is 1. The highest BCUT2D eigenvalue weighted by Gasteiger charge is 2.33. The van der Waals surface area contributed by atoms with E-state index < -0.39 is 26.0 Å². The number of aromatic nitrogens is 1. The van der Waals surface area contributed by atoms with Gasteiger partial charge in [0.1, 0.15) is 5.82 Å². The van der Waals surface area contributed by atoms with E-state index in [1.165, 1.54) is 22.6 Å². The summed E-state index contributed by atoms with van der Waals surface area (Å²) in [7, 11) is -7.80. The quantitative estimate of drug-likeness (QED) is 0.694. The summed E-state index contributed by atoms with van der Waals surface area (Å²) >= 11 is 5.77. The summed E-state index contributed by atoms with van der Waals surface area (Å²) in [4.78, 5) is 16.3. The Hall–Kier alpha value is -2.05. The van der Waals surface area contributed by atoms with E-state index in [0.29, 0.717) is 23.7 Å². The zero-order valence-electron chi connectivity index (χ0n) is 15.2. The molecule has 2 aromatic rings. The molecule has 0 radical (unpaired) electrons. The number of hydrogen-bond donors (Lipinski definition) is 2. The van der Waals surface area contributed by atoms with Crippen molar-refractivity contribution in [2.75, 3.05) is 18.4 Å². The van der Waals surface area contributed by atoms with Gasteiger partial charge in [-0.05, 0) is 49.2 Å². The summed E-state index contributed by atoms with van der Waals surface area (Å²) in [5.41, 5.74) is 0. The summed E-state index contributed by atoms with van der Waals surface area (Å²) in [5, 5.41) is 8.14. The van der Waals surface area contributed by atoms with Crippen molar-refractivity contribution in [1.29, 1.82) is 0 Å². The number of sulfonamides is 2. The molecule has 1 saturated heterocycles. The molecular formula is C17H19ClN4O5S2. The van der Waals surface area contributed by atoms with Crippen LogP contribution in [0.4, 0.5) is 5.82 Å². The zero-order chi connectivity index (χ0) is 21.2. The van der Waals surface area contributed by atoms with Crippen molar-refractivity contribution in [1.82, 2.24) is 9.29 Å². The molecule has 1 aliphatic heterocycles. The number of anilines is 1. The number of halogens is 1. The molecule has 0 spiro atoms. The maximum Gasteiger partial charge on any atom is 0.243 e. The van der Waals surface area contributed by atoms with Crippen molar-refractivity contribution in [3.63, 3.8) is 0 Å². The number of carbonyl (C=O) groups excluding carboxylic acids is 1. The van der Waals surface area contributed by atoms with Crippen LogP contribution in [-0.4, -0.2) is 45.1 Å². The molecule has 2 heterocycles. The molecule has 1 fully saturated rings. The number of nitrogens with zero attached hydrogens (tertiary/aromatic N) is 2. The first-order chi connectivity index (χ1) is 13.6. The Bertz CT molecular complexity index is 1100. The van der Waals surface area contributed by atoms with Gasteiger partial charge in [0.2, 0.25) is 26.0 Å². The Labute approximate surface area is 174 Å². The van der Waals surface area contributed by atoms with E-state index >= 15 is 0 Å². The lowest BCUT2D eigenvalue weighted by molar-refractivity contribution is -0.120. The fraction of sp³-hybridized carbons (Fsp3) is 0.294. The third-order valence-corrected chi connectivity index (χ3v) is 7.56. The summed E-state index contributed by atoms with van der Waals surface area (Å²) in [6.07, 6.45) is 2.45. The van der Waals surface area contributed by atoms with Crippen molar-refractivity contribution in [3.8, 4) is 0 Å². The van der Waals surface area contributed by atoms with Crippen molar-refractivity contribution in [2.24, 2.45) is 11.1 Å². The van der Waals surface area contributed by atoms with Gasteiger partial charge in [-0.2, -0.15) is 4.31 Å². The number of rotatable bonds is 5. The summed E-state index contributed by atoms with van der Waals surface area (Å²) in [5.74, 6) is -0.540. The lowest BCUT2D eigenvalue weighted by atomic mass is 9.99. The van der Waals surface area contributed by atoms with Gasteiger partial charge in [-0.25, -0.2) is 27.0 Å². The maximum absolute atomic E-state index is 12.9. The second-order valence-corrected chi connectivity index (χ2v) is 10.5. The highest BCUT2D eigenvalue weighted by Crippen LogP contribution is 2.25. The number of primary sulfonamides is 1. The predicted octanol–water partition coefficient (Wildman–Crippen LogP) is 1.42. The first-order valence-corrected chi connectivity index (χ1v) is 12.0. The van der Waals surface area contributed by atoms with E-state index in [9.17, 15) is 21.6 Å². The standard InChI is InChI=1S/C17H19ClN4O5S2/c18-13-3-8-16(20-10-13)21-17(23)12-2-1-9-22(11-12)29(26,27)15-6-4-14(5-7-15)28(19,24)25/h3-8,10,12H,1-2,9,11H2,(H2,19,24,25)(H,20,21,23)/t12-/m1/s1. The normalized spacial score (nSPS) is 18.3. The second-order valence-electron chi connectivity index (χ2n) is 6.57. The molecule has 0 unspecified atom stereocenters.